The number of aryl methyl sites for hydroxylation is 1. The number of nitrogens with zero attached hydrogens (tertiary/aromatic N) is 2. The molecule has 24 heavy (non-hydrogen) atoms. The van der Waals surface area contributed by atoms with Crippen LogP contribution in [0, 0.1) is 6.92 Å². The lowest BCUT2D eigenvalue weighted by atomic mass is 10.1. The summed E-state index contributed by atoms with van der Waals surface area (Å²) < 4.78 is 6.90. The molecule has 0 saturated carbocycles. The van der Waals surface area contributed by atoms with E-state index in [-0.39, 0.29) is 23.5 Å². The van der Waals surface area contributed by atoms with E-state index < -0.39 is 0 Å². The first-order valence-corrected chi connectivity index (χ1v) is 7.60. The third-order valence-corrected chi connectivity index (χ3v) is 4.04. The average Bonchev–Trinajstić information content (AvgIpc) is 2.97. The average molecular weight is 318 g/mol. The molecule has 0 amide bonds. The van der Waals surface area contributed by atoms with E-state index in [1.54, 1.807) is 18.2 Å². The van der Waals surface area contributed by atoms with Crippen molar-refractivity contribution in [3.05, 3.63) is 76.3 Å². The number of fused-ring (bicyclic) bond motifs is 3. The summed E-state index contributed by atoms with van der Waals surface area (Å²) >= 11 is 0. The lowest BCUT2D eigenvalue weighted by Crippen LogP contribution is -2.24. The standard InChI is InChI=1S/C19H14N2O3/c1-12-6-8-13(9-7-12)15(22)10-21-11-20-17-14-4-2-3-5-16(14)24-18(17)19(21)23/h2-9,11H,10H2,1H3. The molecular formula is C19H14N2O3. The fourth-order valence-corrected chi connectivity index (χ4v) is 2.71. The van der Waals surface area contributed by atoms with Gasteiger partial charge in [0.15, 0.2) is 5.78 Å². The van der Waals surface area contributed by atoms with Gasteiger partial charge >= 0.3 is 0 Å². The molecule has 4 aromatic rings. The molecular weight excluding hydrogens is 304 g/mol. The Balaban J connectivity index is 1.76. The van der Waals surface area contributed by atoms with E-state index >= 15 is 0 Å². The van der Waals surface area contributed by atoms with Crippen LogP contribution in [0.4, 0.5) is 0 Å². The van der Waals surface area contributed by atoms with Gasteiger partial charge in [0.1, 0.15) is 11.1 Å². The fourth-order valence-electron chi connectivity index (χ4n) is 2.71. The summed E-state index contributed by atoms with van der Waals surface area (Å²) in [5.74, 6) is -0.144. The number of rotatable bonds is 3. The van der Waals surface area contributed by atoms with Crippen molar-refractivity contribution in [2.75, 3.05) is 0 Å². The predicted octanol–water partition coefficient (Wildman–Crippen LogP) is 3.33. The zero-order chi connectivity index (χ0) is 16.7. The van der Waals surface area contributed by atoms with E-state index in [0.29, 0.717) is 16.7 Å². The Bertz CT molecular complexity index is 1120. The topological polar surface area (TPSA) is 65.1 Å². The first kappa shape index (κ1) is 14.4. The number of para-hydroxylation sites is 1. The van der Waals surface area contributed by atoms with Gasteiger partial charge in [-0.05, 0) is 19.1 Å². The van der Waals surface area contributed by atoms with Gasteiger partial charge in [0.25, 0.3) is 5.56 Å². The number of ketones is 1. The van der Waals surface area contributed by atoms with Crippen LogP contribution in [-0.2, 0) is 6.54 Å². The second-order valence-electron chi connectivity index (χ2n) is 5.74. The highest BCUT2D eigenvalue weighted by Gasteiger charge is 2.15. The maximum atomic E-state index is 12.6. The Morgan fingerprint density at radius 3 is 2.67 bits per heavy atom. The summed E-state index contributed by atoms with van der Waals surface area (Å²) in [5.41, 5.74) is 2.60. The molecule has 0 aliphatic rings. The number of carbonyl (C=O) groups is 1. The number of hydrogen-bond acceptors (Lipinski definition) is 4. The van der Waals surface area contributed by atoms with Gasteiger partial charge in [0.05, 0.1) is 12.9 Å². The van der Waals surface area contributed by atoms with Crippen molar-refractivity contribution in [3.63, 3.8) is 0 Å². The molecule has 0 aliphatic carbocycles. The molecule has 0 N–H and O–H groups in total. The molecule has 5 heteroatoms. The van der Waals surface area contributed by atoms with E-state index in [0.717, 1.165) is 10.9 Å². The molecule has 2 aromatic carbocycles. The minimum atomic E-state index is -0.350. The van der Waals surface area contributed by atoms with E-state index in [4.69, 9.17) is 4.42 Å². The molecule has 0 saturated heterocycles. The zero-order valence-corrected chi connectivity index (χ0v) is 13.0. The molecule has 0 unspecified atom stereocenters. The number of aromatic nitrogens is 2. The monoisotopic (exact) mass is 318 g/mol. The van der Waals surface area contributed by atoms with E-state index in [1.807, 2.05) is 37.3 Å². The largest absolute Gasteiger partial charge is 0.448 e. The lowest BCUT2D eigenvalue weighted by molar-refractivity contribution is 0.0970. The Morgan fingerprint density at radius 1 is 1.12 bits per heavy atom. The fraction of sp³-hybridized carbons (Fsp3) is 0.105. The molecule has 0 radical (unpaired) electrons. The number of benzene rings is 2. The lowest BCUT2D eigenvalue weighted by Gasteiger charge is -2.04. The van der Waals surface area contributed by atoms with Crippen molar-refractivity contribution in [3.8, 4) is 0 Å². The normalized spacial score (nSPS) is 11.2. The van der Waals surface area contributed by atoms with Gasteiger partial charge in [-0.1, -0.05) is 42.0 Å². The highest BCUT2D eigenvalue weighted by molar-refractivity contribution is 6.02. The van der Waals surface area contributed by atoms with Crippen LogP contribution in [0.2, 0.25) is 0 Å². The molecule has 2 heterocycles. The van der Waals surface area contributed by atoms with Gasteiger partial charge in [-0.15, -0.1) is 0 Å². The highest BCUT2D eigenvalue weighted by Crippen LogP contribution is 2.24. The summed E-state index contributed by atoms with van der Waals surface area (Å²) in [6, 6.07) is 14.6. The van der Waals surface area contributed by atoms with Gasteiger partial charge in [-0.3, -0.25) is 14.2 Å². The van der Waals surface area contributed by atoms with Crippen LogP contribution in [-0.4, -0.2) is 15.3 Å². The van der Waals surface area contributed by atoms with Crippen LogP contribution in [0.1, 0.15) is 15.9 Å². The summed E-state index contributed by atoms with van der Waals surface area (Å²) in [4.78, 5) is 29.3. The van der Waals surface area contributed by atoms with Crippen LogP contribution in [0.25, 0.3) is 22.1 Å². The SMILES string of the molecule is Cc1ccc(C(=O)Cn2cnc3c(oc4ccccc43)c2=O)cc1. The number of furan rings is 1. The van der Waals surface area contributed by atoms with Crippen LogP contribution in [0.15, 0.2) is 64.1 Å². The predicted molar refractivity (Wildman–Crippen MR) is 91.3 cm³/mol. The number of hydrogen-bond donors (Lipinski definition) is 0. The maximum Gasteiger partial charge on any atom is 0.297 e. The van der Waals surface area contributed by atoms with Gasteiger partial charge in [0, 0.05) is 10.9 Å². The molecule has 118 valence electrons. The number of carbonyl (C=O) groups excluding carboxylic acids is 1. The highest BCUT2D eigenvalue weighted by atomic mass is 16.3. The molecule has 4 rings (SSSR count). The van der Waals surface area contributed by atoms with E-state index in [9.17, 15) is 9.59 Å². The first-order valence-electron chi connectivity index (χ1n) is 7.60. The molecule has 0 aliphatic heterocycles. The van der Waals surface area contributed by atoms with Crippen molar-refractivity contribution in [2.45, 2.75) is 13.5 Å². The number of Topliss-reactive ketones (excluding diaryl/α,β-unsaturated/α-hetero) is 1. The third kappa shape index (κ3) is 2.31. The van der Waals surface area contributed by atoms with Crippen molar-refractivity contribution in [1.82, 2.24) is 9.55 Å². The molecule has 0 bridgehead atoms. The molecule has 0 spiro atoms. The minimum Gasteiger partial charge on any atom is -0.448 e. The second kappa shape index (κ2) is 5.45. The van der Waals surface area contributed by atoms with E-state index in [2.05, 4.69) is 4.98 Å². The summed E-state index contributed by atoms with van der Waals surface area (Å²) in [5, 5.41) is 0.793. The smallest absolute Gasteiger partial charge is 0.297 e. The maximum absolute atomic E-state index is 12.6. The van der Waals surface area contributed by atoms with Crippen molar-refractivity contribution < 1.29 is 9.21 Å². The van der Waals surface area contributed by atoms with Gasteiger partial charge in [-0.25, -0.2) is 4.98 Å². The quantitative estimate of drug-likeness (QED) is 0.543. The van der Waals surface area contributed by atoms with Crippen LogP contribution < -0.4 is 5.56 Å². The molecule has 0 atom stereocenters. The Labute approximate surface area is 137 Å². The zero-order valence-electron chi connectivity index (χ0n) is 13.0. The third-order valence-electron chi connectivity index (χ3n) is 4.04. The summed E-state index contributed by atoms with van der Waals surface area (Å²) in [6.45, 7) is 1.89. The molecule has 5 nitrogen and oxygen atoms in total. The second-order valence-corrected chi connectivity index (χ2v) is 5.74. The minimum absolute atomic E-state index is 0.0676. The van der Waals surface area contributed by atoms with Crippen molar-refractivity contribution >= 4 is 27.9 Å². The van der Waals surface area contributed by atoms with Gasteiger partial charge < -0.3 is 4.42 Å². The Kier molecular flexibility index (Phi) is 3.27. The van der Waals surface area contributed by atoms with Gasteiger partial charge in [-0.2, -0.15) is 0 Å². The van der Waals surface area contributed by atoms with E-state index in [1.165, 1.54) is 10.9 Å². The van der Waals surface area contributed by atoms with Crippen LogP contribution in [0.5, 0.6) is 0 Å². The molecule has 2 aromatic heterocycles. The van der Waals surface area contributed by atoms with Gasteiger partial charge in [0.2, 0.25) is 5.58 Å². The van der Waals surface area contributed by atoms with Crippen molar-refractivity contribution in [1.29, 1.82) is 0 Å². The Hall–Kier alpha value is -3.21. The summed E-state index contributed by atoms with van der Waals surface area (Å²) in [6.07, 6.45) is 1.40. The van der Waals surface area contributed by atoms with Crippen LogP contribution >= 0.6 is 0 Å². The van der Waals surface area contributed by atoms with Crippen LogP contribution in [0.3, 0.4) is 0 Å². The van der Waals surface area contributed by atoms with Crippen molar-refractivity contribution in [2.24, 2.45) is 0 Å². The Morgan fingerprint density at radius 2 is 1.88 bits per heavy atom. The summed E-state index contributed by atoms with van der Waals surface area (Å²) in [7, 11) is 0. The molecule has 0 fully saturated rings. The first-order chi connectivity index (χ1) is 11.6.